The van der Waals surface area contributed by atoms with Crippen LogP contribution in [0.5, 0.6) is 0 Å². The Kier molecular flexibility index (Phi) is 3.75. The van der Waals surface area contributed by atoms with Crippen molar-refractivity contribution < 1.29 is 4.79 Å². The maximum Gasteiger partial charge on any atom is 0.258 e. The predicted octanol–water partition coefficient (Wildman–Crippen LogP) is 3.05. The van der Waals surface area contributed by atoms with Crippen LogP contribution >= 0.6 is 11.6 Å². The average molecular weight is 303 g/mol. The summed E-state index contributed by atoms with van der Waals surface area (Å²) in [6.45, 7) is 2.78. The van der Waals surface area contributed by atoms with Gasteiger partial charge in [0.05, 0.1) is 0 Å². The molecule has 0 fully saturated rings. The monoisotopic (exact) mass is 302 g/mol. The van der Waals surface area contributed by atoms with Crippen molar-refractivity contribution in [3.63, 3.8) is 0 Å². The van der Waals surface area contributed by atoms with Crippen LogP contribution in [0.1, 0.15) is 28.0 Å². The highest BCUT2D eigenvalue weighted by atomic mass is 35.5. The molecule has 3 rings (SSSR count). The van der Waals surface area contributed by atoms with E-state index in [0.29, 0.717) is 16.4 Å². The van der Waals surface area contributed by atoms with E-state index in [1.165, 1.54) is 0 Å². The predicted molar refractivity (Wildman–Crippen MR) is 83.0 cm³/mol. The maximum absolute atomic E-state index is 12.3. The van der Waals surface area contributed by atoms with Gasteiger partial charge in [-0.1, -0.05) is 11.6 Å². The van der Waals surface area contributed by atoms with Gasteiger partial charge in [0.1, 0.15) is 5.15 Å². The van der Waals surface area contributed by atoms with Crippen molar-refractivity contribution >= 4 is 29.1 Å². The van der Waals surface area contributed by atoms with Gasteiger partial charge in [-0.25, -0.2) is 9.97 Å². The second-order valence-corrected chi connectivity index (χ2v) is 5.40. The number of anilines is 2. The summed E-state index contributed by atoms with van der Waals surface area (Å²) in [7, 11) is 0. The van der Waals surface area contributed by atoms with E-state index in [1.54, 1.807) is 19.1 Å². The molecule has 5 nitrogen and oxygen atoms in total. The van der Waals surface area contributed by atoms with Gasteiger partial charge in [0.15, 0.2) is 0 Å². The van der Waals surface area contributed by atoms with E-state index in [2.05, 4.69) is 20.6 Å². The highest BCUT2D eigenvalue weighted by Gasteiger charge is 2.13. The van der Waals surface area contributed by atoms with Gasteiger partial charge >= 0.3 is 0 Å². The number of aryl methyl sites for hydroxylation is 2. The van der Waals surface area contributed by atoms with Crippen LogP contribution in [0.2, 0.25) is 5.15 Å². The van der Waals surface area contributed by atoms with Crippen LogP contribution in [0, 0.1) is 6.92 Å². The van der Waals surface area contributed by atoms with Crippen LogP contribution in [-0.4, -0.2) is 22.4 Å². The number of carbonyl (C=O) groups excluding carboxylic acids is 1. The zero-order chi connectivity index (χ0) is 14.8. The third-order valence-electron chi connectivity index (χ3n) is 3.35. The number of aromatic nitrogens is 2. The summed E-state index contributed by atoms with van der Waals surface area (Å²) in [4.78, 5) is 20.4. The second-order valence-electron chi connectivity index (χ2n) is 5.01. The number of carbonyl (C=O) groups is 1. The van der Waals surface area contributed by atoms with Crippen LogP contribution in [0.15, 0.2) is 24.3 Å². The van der Waals surface area contributed by atoms with Gasteiger partial charge < -0.3 is 5.32 Å². The average Bonchev–Trinajstić information content (AvgIpc) is 2.45. The Morgan fingerprint density at radius 1 is 1.33 bits per heavy atom. The zero-order valence-electron chi connectivity index (χ0n) is 11.6. The molecule has 108 valence electrons. The number of hydrogen-bond acceptors (Lipinski definition) is 4. The lowest BCUT2D eigenvalue weighted by atomic mass is 10.0. The van der Waals surface area contributed by atoms with Crippen LogP contribution in [0.3, 0.4) is 0 Å². The Bertz CT molecular complexity index is 682. The maximum atomic E-state index is 12.3. The Morgan fingerprint density at radius 3 is 3.00 bits per heavy atom. The Labute approximate surface area is 127 Å². The first-order valence-electron chi connectivity index (χ1n) is 6.81. The van der Waals surface area contributed by atoms with Crippen molar-refractivity contribution in [3.8, 4) is 0 Å². The Hall–Kier alpha value is -2.14. The fourth-order valence-electron chi connectivity index (χ4n) is 2.38. The number of amides is 1. The van der Waals surface area contributed by atoms with E-state index in [4.69, 9.17) is 11.6 Å². The largest absolute Gasteiger partial charge is 0.385 e. The quantitative estimate of drug-likeness (QED) is 0.837. The van der Waals surface area contributed by atoms with Gasteiger partial charge in [0, 0.05) is 23.5 Å². The highest BCUT2D eigenvalue weighted by Crippen LogP contribution is 2.23. The zero-order valence-corrected chi connectivity index (χ0v) is 12.4. The molecule has 0 bridgehead atoms. The van der Waals surface area contributed by atoms with Crippen molar-refractivity contribution in [2.24, 2.45) is 0 Å². The van der Waals surface area contributed by atoms with Gasteiger partial charge in [-0.05, 0) is 49.6 Å². The summed E-state index contributed by atoms with van der Waals surface area (Å²) in [5, 5.41) is 6.31. The van der Waals surface area contributed by atoms with E-state index < -0.39 is 0 Å². The minimum atomic E-state index is -0.231. The summed E-state index contributed by atoms with van der Waals surface area (Å²) in [6.07, 6.45) is 2.06. The van der Waals surface area contributed by atoms with E-state index in [1.807, 2.05) is 12.1 Å². The lowest BCUT2D eigenvalue weighted by Gasteiger charge is -2.18. The Balaban J connectivity index is 1.82. The van der Waals surface area contributed by atoms with Gasteiger partial charge in [-0.2, -0.15) is 0 Å². The molecule has 2 heterocycles. The molecule has 6 heteroatoms. The van der Waals surface area contributed by atoms with E-state index in [0.717, 1.165) is 30.6 Å². The lowest BCUT2D eigenvalue weighted by Crippen LogP contribution is -2.17. The molecule has 0 spiro atoms. The van der Waals surface area contributed by atoms with Crippen LogP contribution in [-0.2, 0) is 6.42 Å². The highest BCUT2D eigenvalue weighted by molar-refractivity contribution is 6.29. The first kappa shape index (κ1) is 13.8. The molecule has 1 aromatic heterocycles. The molecule has 0 atom stereocenters. The van der Waals surface area contributed by atoms with Gasteiger partial charge in [0.25, 0.3) is 5.91 Å². The fraction of sp³-hybridized carbons (Fsp3) is 0.267. The first-order chi connectivity index (χ1) is 10.1. The second kappa shape index (κ2) is 5.69. The molecular weight excluding hydrogens is 288 g/mol. The number of benzene rings is 1. The smallest absolute Gasteiger partial charge is 0.258 e. The molecule has 0 unspecified atom stereocenters. The van der Waals surface area contributed by atoms with Gasteiger partial charge in [-0.15, -0.1) is 0 Å². The minimum absolute atomic E-state index is 0.223. The molecule has 0 saturated heterocycles. The number of halogens is 1. The standard InChI is InChI=1S/C15H15ClN4O/c1-9-7-13(16)19-15(18-9)20-14(21)11-4-5-12-10(8-11)3-2-6-17-12/h4-5,7-8,17H,2-3,6H2,1H3,(H,18,19,20,21). The fourth-order valence-corrected chi connectivity index (χ4v) is 2.61. The molecule has 1 amide bonds. The topological polar surface area (TPSA) is 66.9 Å². The number of fused-ring (bicyclic) bond motifs is 1. The third kappa shape index (κ3) is 3.13. The molecule has 21 heavy (non-hydrogen) atoms. The summed E-state index contributed by atoms with van der Waals surface area (Å²) in [5.41, 5.74) is 3.57. The molecule has 1 aliphatic rings. The van der Waals surface area contributed by atoms with Crippen molar-refractivity contribution in [2.45, 2.75) is 19.8 Å². The SMILES string of the molecule is Cc1cc(Cl)nc(NC(=O)c2ccc3c(c2)CCCN3)n1. The van der Waals surface area contributed by atoms with Crippen molar-refractivity contribution in [1.29, 1.82) is 0 Å². The molecular formula is C15H15ClN4O. The van der Waals surface area contributed by atoms with Gasteiger partial charge in [0.2, 0.25) is 5.95 Å². The summed E-state index contributed by atoms with van der Waals surface area (Å²) in [5.74, 6) is -0.00844. The third-order valence-corrected chi connectivity index (χ3v) is 3.55. The minimum Gasteiger partial charge on any atom is -0.385 e. The molecule has 0 radical (unpaired) electrons. The van der Waals surface area contributed by atoms with Crippen molar-refractivity contribution in [1.82, 2.24) is 9.97 Å². The lowest BCUT2D eigenvalue weighted by molar-refractivity contribution is 0.102. The van der Waals surface area contributed by atoms with Crippen molar-refractivity contribution in [2.75, 3.05) is 17.2 Å². The summed E-state index contributed by atoms with van der Waals surface area (Å²) >= 11 is 5.86. The van der Waals surface area contributed by atoms with E-state index in [-0.39, 0.29) is 11.9 Å². The molecule has 2 N–H and O–H groups in total. The normalized spacial score (nSPS) is 13.2. The molecule has 0 aliphatic carbocycles. The van der Waals surface area contributed by atoms with Crippen molar-refractivity contribution in [3.05, 3.63) is 46.2 Å². The van der Waals surface area contributed by atoms with Crippen LogP contribution in [0.4, 0.5) is 11.6 Å². The van der Waals surface area contributed by atoms with E-state index in [9.17, 15) is 4.79 Å². The number of nitrogens with one attached hydrogen (secondary N) is 2. The molecule has 1 aromatic carbocycles. The molecule has 2 aromatic rings. The van der Waals surface area contributed by atoms with Crippen LogP contribution in [0.25, 0.3) is 0 Å². The number of rotatable bonds is 2. The first-order valence-corrected chi connectivity index (χ1v) is 7.19. The Morgan fingerprint density at radius 2 is 2.19 bits per heavy atom. The summed E-state index contributed by atoms with van der Waals surface area (Å²) < 4.78 is 0. The van der Waals surface area contributed by atoms with Gasteiger partial charge in [-0.3, -0.25) is 10.1 Å². The summed E-state index contributed by atoms with van der Waals surface area (Å²) in [6, 6.07) is 7.29. The van der Waals surface area contributed by atoms with Crippen LogP contribution < -0.4 is 10.6 Å². The number of hydrogen-bond donors (Lipinski definition) is 2. The molecule has 0 saturated carbocycles. The molecule has 1 aliphatic heterocycles. The number of nitrogens with zero attached hydrogens (tertiary/aromatic N) is 2. The van der Waals surface area contributed by atoms with E-state index >= 15 is 0 Å².